The predicted molar refractivity (Wildman–Crippen MR) is 109 cm³/mol. The zero-order chi connectivity index (χ0) is 19.6. The van der Waals surface area contributed by atoms with Crippen LogP contribution in [-0.2, 0) is 6.54 Å². The lowest BCUT2D eigenvalue weighted by Gasteiger charge is -2.18. The van der Waals surface area contributed by atoms with Gasteiger partial charge in [-0.15, -0.1) is 0 Å². The van der Waals surface area contributed by atoms with Crippen LogP contribution in [0.25, 0.3) is 21.8 Å². The smallest absolute Gasteiger partial charge is 0.262 e. The molecule has 0 fully saturated rings. The summed E-state index contributed by atoms with van der Waals surface area (Å²) < 4.78 is 7.81. The maximum absolute atomic E-state index is 13.0. The Morgan fingerprint density at radius 3 is 2.85 bits per heavy atom. The summed E-state index contributed by atoms with van der Waals surface area (Å²) in [5, 5.41) is 8.89. The first kappa shape index (κ1) is 19.4. The third-order valence-electron chi connectivity index (χ3n) is 4.72. The fourth-order valence-electron chi connectivity index (χ4n) is 3.55. The number of nitrogens with one attached hydrogen (secondary N) is 1. The van der Waals surface area contributed by atoms with Crippen molar-refractivity contribution < 1.29 is 4.74 Å². The highest BCUT2D eigenvalue weighted by atomic mass is 16.5. The highest BCUT2D eigenvalue weighted by molar-refractivity contribution is 6.04. The van der Waals surface area contributed by atoms with Crippen molar-refractivity contribution in [3.63, 3.8) is 0 Å². The molecule has 0 radical (unpaired) electrons. The van der Waals surface area contributed by atoms with E-state index in [1.807, 2.05) is 25.1 Å². The lowest BCUT2D eigenvalue weighted by Crippen LogP contribution is -2.24. The lowest BCUT2D eigenvalue weighted by molar-refractivity contribution is 0.222. The normalized spacial score (nSPS) is 13.0. The average Bonchev–Trinajstić information content (AvgIpc) is 3.01. The second kappa shape index (κ2) is 8.10. The van der Waals surface area contributed by atoms with Gasteiger partial charge < -0.3 is 19.9 Å². The summed E-state index contributed by atoms with van der Waals surface area (Å²) in [5.74, 6) is 1.21. The Hall–Kier alpha value is -2.38. The summed E-state index contributed by atoms with van der Waals surface area (Å²) in [6, 6.07) is 5.86. The Kier molecular flexibility index (Phi) is 5.82. The summed E-state index contributed by atoms with van der Waals surface area (Å²) in [6.07, 6.45) is 0.748. The zero-order valence-corrected chi connectivity index (χ0v) is 16.6. The molecule has 1 atom stereocenters. The molecule has 0 aliphatic carbocycles. The van der Waals surface area contributed by atoms with E-state index < -0.39 is 0 Å². The maximum atomic E-state index is 13.0. The number of aromatic nitrogens is 3. The molecule has 7 nitrogen and oxygen atoms in total. The van der Waals surface area contributed by atoms with Gasteiger partial charge in [0.2, 0.25) is 0 Å². The third kappa shape index (κ3) is 3.99. The molecule has 0 aliphatic rings. The topological polar surface area (TPSA) is 89.2 Å². The van der Waals surface area contributed by atoms with Crippen molar-refractivity contribution in [1.29, 1.82) is 0 Å². The molecule has 7 heteroatoms. The molecule has 3 rings (SSSR count). The van der Waals surface area contributed by atoms with Crippen molar-refractivity contribution in [2.45, 2.75) is 26.8 Å². The number of H-pyrrole nitrogens is 1. The van der Waals surface area contributed by atoms with E-state index in [-0.39, 0.29) is 5.56 Å². The third-order valence-corrected chi connectivity index (χ3v) is 4.72. The van der Waals surface area contributed by atoms with Gasteiger partial charge in [-0.05, 0) is 52.2 Å². The second-order valence-electron chi connectivity index (χ2n) is 7.53. The SMILES string of the molecule is Cc1[nH]nc2c1c(=O)n(CCCN)c1ccc(OCC(C)CN(C)C)cc21. The van der Waals surface area contributed by atoms with E-state index in [1.54, 1.807) is 4.57 Å². The predicted octanol–water partition coefficient (Wildman–Crippen LogP) is 2.11. The van der Waals surface area contributed by atoms with Crippen molar-refractivity contribution in [2.75, 3.05) is 33.8 Å². The minimum atomic E-state index is -0.0227. The largest absolute Gasteiger partial charge is 0.493 e. The Balaban J connectivity index is 2.03. The van der Waals surface area contributed by atoms with Crippen molar-refractivity contribution in [3.05, 3.63) is 34.2 Å². The van der Waals surface area contributed by atoms with E-state index in [4.69, 9.17) is 10.5 Å². The highest BCUT2D eigenvalue weighted by Gasteiger charge is 2.16. The van der Waals surface area contributed by atoms with E-state index in [2.05, 4.69) is 36.1 Å². The first-order valence-electron chi connectivity index (χ1n) is 9.41. The Bertz CT molecular complexity index is 989. The molecule has 0 spiro atoms. The van der Waals surface area contributed by atoms with Crippen molar-refractivity contribution >= 4 is 21.8 Å². The quantitative estimate of drug-likeness (QED) is 0.633. The van der Waals surface area contributed by atoms with Crippen LogP contribution < -0.4 is 16.0 Å². The van der Waals surface area contributed by atoms with Gasteiger partial charge in [0.1, 0.15) is 11.3 Å². The molecular formula is C20H29N5O2. The van der Waals surface area contributed by atoms with Gasteiger partial charge in [-0.1, -0.05) is 6.92 Å². The van der Waals surface area contributed by atoms with Crippen LogP contribution in [0.4, 0.5) is 0 Å². The van der Waals surface area contributed by atoms with Gasteiger partial charge in [-0.2, -0.15) is 5.10 Å². The first-order chi connectivity index (χ1) is 12.9. The van der Waals surface area contributed by atoms with E-state index in [1.165, 1.54) is 0 Å². The molecule has 0 saturated carbocycles. The van der Waals surface area contributed by atoms with Crippen LogP contribution in [0, 0.1) is 12.8 Å². The number of fused-ring (bicyclic) bond motifs is 3. The summed E-state index contributed by atoms with van der Waals surface area (Å²) >= 11 is 0. The zero-order valence-electron chi connectivity index (χ0n) is 16.6. The van der Waals surface area contributed by atoms with Crippen molar-refractivity contribution in [2.24, 2.45) is 11.7 Å². The fraction of sp³-hybridized carbons (Fsp3) is 0.500. The standard InChI is InChI=1S/C20H29N5O2/c1-13(11-24(3)4)12-27-15-6-7-17-16(10-15)19-18(14(2)22-23-19)20(26)25(17)9-5-8-21/h6-7,10,13H,5,8-9,11-12,21H2,1-4H3,(H,22,23). The molecule has 1 aromatic carbocycles. The van der Waals surface area contributed by atoms with Gasteiger partial charge in [0, 0.05) is 30.1 Å². The van der Waals surface area contributed by atoms with Gasteiger partial charge in [0.05, 0.1) is 17.5 Å². The number of aryl methyl sites for hydroxylation is 2. The number of benzene rings is 1. The maximum Gasteiger partial charge on any atom is 0.262 e. The Morgan fingerprint density at radius 1 is 1.37 bits per heavy atom. The monoisotopic (exact) mass is 371 g/mol. The van der Waals surface area contributed by atoms with Gasteiger partial charge >= 0.3 is 0 Å². The number of pyridine rings is 1. The molecular weight excluding hydrogens is 342 g/mol. The molecule has 2 aromatic heterocycles. The van der Waals surface area contributed by atoms with Crippen LogP contribution >= 0.6 is 0 Å². The average molecular weight is 371 g/mol. The lowest BCUT2D eigenvalue weighted by atomic mass is 10.1. The number of rotatable bonds is 8. The van der Waals surface area contributed by atoms with Crippen LogP contribution in [0.2, 0.25) is 0 Å². The van der Waals surface area contributed by atoms with Crippen LogP contribution in [-0.4, -0.2) is 53.5 Å². The molecule has 2 heterocycles. The molecule has 3 aromatic rings. The molecule has 27 heavy (non-hydrogen) atoms. The fourth-order valence-corrected chi connectivity index (χ4v) is 3.55. The summed E-state index contributed by atoms with van der Waals surface area (Å²) in [7, 11) is 4.12. The van der Waals surface area contributed by atoms with Crippen LogP contribution in [0.3, 0.4) is 0 Å². The molecule has 1 unspecified atom stereocenters. The number of hydrogen-bond donors (Lipinski definition) is 2. The molecule has 0 saturated heterocycles. The summed E-state index contributed by atoms with van der Waals surface area (Å²) in [5.41, 5.74) is 7.98. The summed E-state index contributed by atoms with van der Waals surface area (Å²) in [4.78, 5) is 15.1. The van der Waals surface area contributed by atoms with Crippen LogP contribution in [0.1, 0.15) is 19.0 Å². The van der Waals surface area contributed by atoms with Crippen molar-refractivity contribution in [3.8, 4) is 5.75 Å². The van der Waals surface area contributed by atoms with Gasteiger partial charge in [0.15, 0.2) is 0 Å². The van der Waals surface area contributed by atoms with Crippen molar-refractivity contribution in [1.82, 2.24) is 19.7 Å². The first-order valence-corrected chi connectivity index (χ1v) is 9.41. The minimum absolute atomic E-state index is 0.0227. The molecule has 0 bridgehead atoms. The number of hydrogen-bond acceptors (Lipinski definition) is 5. The minimum Gasteiger partial charge on any atom is -0.493 e. The van der Waals surface area contributed by atoms with E-state index in [0.29, 0.717) is 36.5 Å². The number of nitrogens with two attached hydrogens (primary N) is 1. The van der Waals surface area contributed by atoms with E-state index in [9.17, 15) is 4.79 Å². The van der Waals surface area contributed by atoms with Crippen LogP contribution in [0.15, 0.2) is 23.0 Å². The number of nitrogens with zero attached hydrogens (tertiary/aromatic N) is 3. The molecule has 0 amide bonds. The molecule has 146 valence electrons. The van der Waals surface area contributed by atoms with Crippen LogP contribution in [0.5, 0.6) is 5.75 Å². The van der Waals surface area contributed by atoms with E-state index in [0.717, 1.165) is 35.3 Å². The number of aromatic amines is 1. The highest BCUT2D eigenvalue weighted by Crippen LogP contribution is 2.27. The van der Waals surface area contributed by atoms with Gasteiger partial charge in [0.25, 0.3) is 5.56 Å². The Labute approximate surface area is 159 Å². The Morgan fingerprint density at radius 2 is 2.15 bits per heavy atom. The van der Waals surface area contributed by atoms with Gasteiger partial charge in [-0.25, -0.2) is 0 Å². The molecule has 0 aliphatic heterocycles. The molecule has 3 N–H and O–H groups in total. The summed E-state index contributed by atoms with van der Waals surface area (Å²) in [6.45, 7) is 6.78. The second-order valence-corrected chi connectivity index (χ2v) is 7.53. The number of ether oxygens (including phenoxy) is 1. The van der Waals surface area contributed by atoms with Gasteiger partial charge in [-0.3, -0.25) is 9.89 Å². The van der Waals surface area contributed by atoms with E-state index >= 15 is 0 Å².